The highest BCUT2D eigenvalue weighted by molar-refractivity contribution is 5.73. The molecule has 1 fully saturated rings. The van der Waals surface area contributed by atoms with E-state index >= 15 is 0 Å². The van der Waals surface area contributed by atoms with Gasteiger partial charge in [-0.05, 0) is 12.1 Å². The summed E-state index contributed by atoms with van der Waals surface area (Å²) in [6, 6.07) is 8.01. The Morgan fingerprint density at radius 2 is 1.95 bits per heavy atom. The first-order valence-corrected chi connectivity index (χ1v) is 6.61. The highest BCUT2D eigenvalue weighted by Gasteiger charge is 2.20. The van der Waals surface area contributed by atoms with Crippen LogP contribution in [0.25, 0.3) is 11.0 Å². The Balaban J connectivity index is 1.82. The normalized spacial score (nSPS) is 17.1. The van der Waals surface area contributed by atoms with Crippen LogP contribution < -0.4 is 16.1 Å². The second kappa shape index (κ2) is 5.07. The quantitative estimate of drug-likeness (QED) is 0.581. The van der Waals surface area contributed by atoms with Crippen molar-refractivity contribution in [2.75, 3.05) is 44.4 Å². The number of morpholine rings is 1. The number of nitrogen functional groups attached to an aromatic ring is 2. The summed E-state index contributed by atoms with van der Waals surface area (Å²) in [6.45, 7) is 5.42. The molecule has 0 saturated carbocycles. The van der Waals surface area contributed by atoms with Crippen molar-refractivity contribution in [1.29, 1.82) is 0 Å². The lowest BCUT2D eigenvalue weighted by atomic mass is 10.3. The molecule has 0 amide bonds. The SMILES string of the molecule is Nc1n(N)c2ccccc2[n+]1CCN1CCOCC1. The van der Waals surface area contributed by atoms with Crippen LogP contribution >= 0.6 is 0 Å². The summed E-state index contributed by atoms with van der Waals surface area (Å²) in [5, 5.41) is 0. The summed E-state index contributed by atoms with van der Waals surface area (Å²) in [5.41, 5.74) is 8.13. The number of hydrogen-bond acceptors (Lipinski definition) is 4. The van der Waals surface area contributed by atoms with Crippen LogP contribution in [0.1, 0.15) is 0 Å². The van der Waals surface area contributed by atoms with Gasteiger partial charge in [-0.2, -0.15) is 0 Å². The first-order valence-electron chi connectivity index (χ1n) is 6.61. The maximum absolute atomic E-state index is 6.09. The van der Waals surface area contributed by atoms with E-state index < -0.39 is 0 Å². The monoisotopic (exact) mass is 262 g/mol. The molecule has 1 aromatic heterocycles. The number of imidazole rings is 1. The average Bonchev–Trinajstić information content (AvgIpc) is 2.71. The van der Waals surface area contributed by atoms with Gasteiger partial charge in [-0.3, -0.25) is 16.5 Å². The van der Waals surface area contributed by atoms with Crippen LogP contribution in [-0.4, -0.2) is 42.4 Å². The lowest BCUT2D eigenvalue weighted by Gasteiger charge is -2.25. The molecule has 19 heavy (non-hydrogen) atoms. The predicted molar refractivity (Wildman–Crippen MR) is 74.0 cm³/mol. The number of ether oxygens (including phenoxy) is 1. The van der Waals surface area contributed by atoms with Crippen LogP contribution in [0.3, 0.4) is 0 Å². The van der Waals surface area contributed by atoms with Gasteiger partial charge in [-0.1, -0.05) is 12.1 Å². The summed E-state index contributed by atoms with van der Waals surface area (Å²) in [6.07, 6.45) is 0. The first-order chi connectivity index (χ1) is 9.27. The minimum Gasteiger partial charge on any atom is -0.379 e. The molecule has 0 spiro atoms. The number of hydrogen-bond donors (Lipinski definition) is 2. The molecule has 0 atom stereocenters. The fourth-order valence-electron chi connectivity index (χ4n) is 2.57. The zero-order valence-corrected chi connectivity index (χ0v) is 11.0. The predicted octanol–water partition coefficient (Wildman–Crippen LogP) is -0.443. The largest absolute Gasteiger partial charge is 0.379 e. The summed E-state index contributed by atoms with van der Waals surface area (Å²) < 4.78 is 8.98. The van der Waals surface area contributed by atoms with E-state index in [9.17, 15) is 0 Å². The second-order valence-corrected chi connectivity index (χ2v) is 4.82. The zero-order chi connectivity index (χ0) is 13.2. The number of fused-ring (bicyclic) bond motifs is 1. The number of rotatable bonds is 3. The van der Waals surface area contributed by atoms with Crippen LogP contribution in [0.4, 0.5) is 5.95 Å². The second-order valence-electron chi connectivity index (χ2n) is 4.82. The zero-order valence-electron chi connectivity index (χ0n) is 11.0. The van der Waals surface area contributed by atoms with E-state index in [2.05, 4.69) is 9.47 Å². The average molecular weight is 262 g/mol. The van der Waals surface area contributed by atoms with Crippen LogP contribution in [0.2, 0.25) is 0 Å². The number of anilines is 1. The van der Waals surface area contributed by atoms with Crippen LogP contribution in [0.15, 0.2) is 24.3 Å². The molecule has 1 aliphatic heterocycles. The van der Waals surface area contributed by atoms with E-state index in [4.69, 9.17) is 16.3 Å². The van der Waals surface area contributed by atoms with Gasteiger partial charge >= 0.3 is 5.95 Å². The van der Waals surface area contributed by atoms with Crippen molar-refractivity contribution in [3.63, 3.8) is 0 Å². The first kappa shape index (κ1) is 12.3. The molecule has 1 saturated heterocycles. The molecule has 102 valence electrons. The third kappa shape index (κ3) is 2.24. The molecule has 4 N–H and O–H groups in total. The Morgan fingerprint density at radius 3 is 2.74 bits per heavy atom. The molecular weight excluding hydrogens is 242 g/mol. The molecule has 6 nitrogen and oxygen atoms in total. The van der Waals surface area contributed by atoms with Crippen molar-refractivity contribution in [2.24, 2.45) is 0 Å². The maximum atomic E-state index is 6.09. The number of para-hydroxylation sites is 2. The molecule has 1 aromatic carbocycles. The van der Waals surface area contributed by atoms with E-state index in [1.54, 1.807) is 4.68 Å². The summed E-state index contributed by atoms with van der Waals surface area (Å²) in [5.74, 6) is 6.58. The topological polar surface area (TPSA) is 73.3 Å². The van der Waals surface area contributed by atoms with E-state index in [1.807, 2.05) is 24.3 Å². The van der Waals surface area contributed by atoms with Gasteiger partial charge in [0.25, 0.3) is 0 Å². The molecule has 3 rings (SSSR count). The maximum Gasteiger partial charge on any atom is 0.378 e. The highest BCUT2D eigenvalue weighted by atomic mass is 16.5. The molecule has 0 aliphatic carbocycles. The van der Waals surface area contributed by atoms with Gasteiger partial charge in [0, 0.05) is 19.6 Å². The molecule has 6 heteroatoms. The molecule has 0 unspecified atom stereocenters. The number of nitrogens with zero attached hydrogens (tertiary/aromatic N) is 3. The van der Waals surface area contributed by atoms with Gasteiger partial charge in [-0.15, -0.1) is 4.68 Å². The molecule has 0 radical (unpaired) electrons. The van der Waals surface area contributed by atoms with Gasteiger partial charge in [0.15, 0.2) is 5.52 Å². The van der Waals surface area contributed by atoms with Gasteiger partial charge in [0.1, 0.15) is 5.52 Å². The van der Waals surface area contributed by atoms with Crippen molar-refractivity contribution in [3.05, 3.63) is 24.3 Å². The fraction of sp³-hybridized carbons (Fsp3) is 0.462. The van der Waals surface area contributed by atoms with Crippen LogP contribution in [0.5, 0.6) is 0 Å². The van der Waals surface area contributed by atoms with Crippen molar-refractivity contribution >= 4 is 17.0 Å². The summed E-state index contributed by atoms with van der Waals surface area (Å²) in [4.78, 5) is 2.39. The van der Waals surface area contributed by atoms with Crippen molar-refractivity contribution in [1.82, 2.24) is 9.58 Å². The molecule has 2 heterocycles. The van der Waals surface area contributed by atoms with Crippen LogP contribution in [0, 0.1) is 0 Å². The lowest BCUT2D eigenvalue weighted by Crippen LogP contribution is -2.45. The standard InChI is InChI=1S/C13H19N5O/c14-13-17(6-5-16-7-9-19-10-8-16)11-3-1-2-4-12(11)18(13)15/h1-4,14H,5-10,15H2/p+1. The Hall–Kier alpha value is -1.79. The Morgan fingerprint density at radius 1 is 1.21 bits per heavy atom. The Kier molecular flexibility index (Phi) is 3.27. The van der Waals surface area contributed by atoms with E-state index in [0.717, 1.165) is 50.4 Å². The third-order valence-corrected chi connectivity index (χ3v) is 3.70. The fourth-order valence-corrected chi connectivity index (χ4v) is 2.57. The number of aromatic nitrogens is 2. The summed E-state index contributed by atoms with van der Waals surface area (Å²) in [7, 11) is 0. The number of nitrogens with two attached hydrogens (primary N) is 2. The van der Waals surface area contributed by atoms with Crippen molar-refractivity contribution < 1.29 is 9.30 Å². The third-order valence-electron chi connectivity index (χ3n) is 3.70. The van der Waals surface area contributed by atoms with Gasteiger partial charge in [0.05, 0.1) is 19.8 Å². The van der Waals surface area contributed by atoms with Crippen molar-refractivity contribution in [2.45, 2.75) is 6.54 Å². The van der Waals surface area contributed by atoms with Crippen LogP contribution in [-0.2, 0) is 11.3 Å². The van der Waals surface area contributed by atoms with E-state index in [-0.39, 0.29) is 0 Å². The lowest BCUT2D eigenvalue weighted by molar-refractivity contribution is -0.657. The highest BCUT2D eigenvalue weighted by Crippen LogP contribution is 2.12. The van der Waals surface area contributed by atoms with Gasteiger partial charge < -0.3 is 4.74 Å². The van der Waals surface area contributed by atoms with Gasteiger partial charge in [0.2, 0.25) is 0 Å². The molecular formula is C13H20N5O+. The smallest absolute Gasteiger partial charge is 0.378 e. The number of benzene rings is 1. The van der Waals surface area contributed by atoms with E-state index in [0.29, 0.717) is 5.95 Å². The van der Waals surface area contributed by atoms with Crippen molar-refractivity contribution in [3.8, 4) is 0 Å². The molecule has 0 bridgehead atoms. The van der Waals surface area contributed by atoms with E-state index in [1.165, 1.54) is 0 Å². The Labute approximate surface area is 112 Å². The summed E-state index contributed by atoms with van der Waals surface area (Å²) >= 11 is 0. The molecule has 1 aliphatic rings. The Bertz CT molecular complexity index is 574. The molecule has 2 aromatic rings. The van der Waals surface area contributed by atoms with Gasteiger partial charge in [-0.25, -0.2) is 4.57 Å². The minimum absolute atomic E-state index is 0.592. The minimum atomic E-state index is 0.592.